The molecule has 1 aromatic rings. The van der Waals surface area contributed by atoms with E-state index in [4.69, 9.17) is 11.6 Å². The van der Waals surface area contributed by atoms with Crippen LogP contribution in [0.3, 0.4) is 0 Å². The summed E-state index contributed by atoms with van der Waals surface area (Å²) in [7, 11) is 1.84. The molecule has 8 heteroatoms. The van der Waals surface area contributed by atoms with Gasteiger partial charge in [0.1, 0.15) is 5.82 Å². The monoisotopic (exact) mass is 399 g/mol. The Morgan fingerprint density at radius 3 is 2.83 bits per heavy atom. The van der Waals surface area contributed by atoms with E-state index < -0.39 is 0 Å². The van der Waals surface area contributed by atoms with E-state index in [0.29, 0.717) is 24.5 Å². The minimum Gasteiger partial charge on any atom is -0.352 e. The molecule has 1 saturated heterocycles. The van der Waals surface area contributed by atoms with Crippen molar-refractivity contribution in [2.45, 2.75) is 31.8 Å². The van der Waals surface area contributed by atoms with Crippen LogP contribution in [0.25, 0.3) is 0 Å². The largest absolute Gasteiger partial charge is 0.352 e. The highest BCUT2D eigenvalue weighted by Crippen LogP contribution is 2.21. The number of rotatable bonds is 6. The molecule has 4 nitrogen and oxygen atoms in total. The van der Waals surface area contributed by atoms with Crippen LogP contribution in [0.1, 0.15) is 24.8 Å². The smallest absolute Gasteiger partial charge is 0.221 e. The molecule has 1 aliphatic rings. The lowest BCUT2D eigenvalue weighted by Gasteiger charge is -2.33. The molecule has 1 aliphatic heterocycles. The zero-order valence-electron chi connectivity index (χ0n) is 13.7. The van der Waals surface area contributed by atoms with E-state index in [9.17, 15) is 9.18 Å². The maximum Gasteiger partial charge on any atom is 0.221 e. The molecule has 1 heterocycles. The molecule has 0 saturated carbocycles. The molecule has 0 spiro atoms. The lowest BCUT2D eigenvalue weighted by molar-refractivity contribution is -0.122. The van der Waals surface area contributed by atoms with Gasteiger partial charge in [0, 0.05) is 37.1 Å². The van der Waals surface area contributed by atoms with Gasteiger partial charge >= 0.3 is 0 Å². The van der Waals surface area contributed by atoms with Crippen LogP contribution < -0.4 is 10.6 Å². The molecular formula is C16H25Cl3FN3O. The first-order valence-electron chi connectivity index (χ1n) is 7.68. The maximum atomic E-state index is 13.1. The van der Waals surface area contributed by atoms with Crippen LogP contribution in [0, 0.1) is 5.82 Å². The number of nitrogens with zero attached hydrogens (tertiary/aromatic N) is 1. The predicted octanol–water partition coefficient (Wildman–Crippen LogP) is 3.01. The summed E-state index contributed by atoms with van der Waals surface area (Å²) in [5.41, 5.74) is 0.922. The summed E-state index contributed by atoms with van der Waals surface area (Å²) in [4.78, 5) is 14.0. The van der Waals surface area contributed by atoms with Crippen LogP contribution in [-0.4, -0.2) is 43.5 Å². The van der Waals surface area contributed by atoms with Gasteiger partial charge < -0.3 is 10.6 Å². The zero-order chi connectivity index (χ0) is 15.9. The van der Waals surface area contributed by atoms with Gasteiger partial charge in [-0.1, -0.05) is 17.7 Å². The summed E-state index contributed by atoms with van der Waals surface area (Å²) in [6.07, 6.45) is 2.53. The average molecular weight is 401 g/mol. The lowest BCUT2D eigenvalue weighted by Crippen LogP contribution is -2.47. The first-order chi connectivity index (χ1) is 10.6. The van der Waals surface area contributed by atoms with E-state index in [2.05, 4.69) is 15.5 Å². The fraction of sp³-hybridized carbons (Fsp3) is 0.562. The first-order valence-corrected chi connectivity index (χ1v) is 8.06. The third kappa shape index (κ3) is 7.53. The molecule has 0 aliphatic carbocycles. The molecule has 0 bridgehead atoms. The first kappa shape index (κ1) is 23.4. The van der Waals surface area contributed by atoms with E-state index in [0.717, 1.165) is 31.5 Å². The quantitative estimate of drug-likeness (QED) is 0.771. The van der Waals surface area contributed by atoms with Crippen LogP contribution >= 0.6 is 36.4 Å². The van der Waals surface area contributed by atoms with Crippen molar-refractivity contribution in [1.29, 1.82) is 0 Å². The number of carbonyl (C=O) groups is 1. The van der Waals surface area contributed by atoms with Gasteiger partial charge in [0.15, 0.2) is 0 Å². The Balaban J connectivity index is 0.00000264. The lowest BCUT2D eigenvalue weighted by atomic mass is 10.0. The number of carbonyl (C=O) groups excluding carboxylic acids is 1. The van der Waals surface area contributed by atoms with E-state index >= 15 is 0 Å². The Morgan fingerprint density at radius 2 is 2.17 bits per heavy atom. The number of hydrogen-bond acceptors (Lipinski definition) is 3. The van der Waals surface area contributed by atoms with Crippen molar-refractivity contribution in [1.82, 2.24) is 15.5 Å². The third-order valence-corrected chi connectivity index (χ3v) is 4.23. The molecule has 1 unspecified atom stereocenters. The summed E-state index contributed by atoms with van der Waals surface area (Å²) in [6.45, 7) is 3.14. The number of hydrogen-bond donors (Lipinski definition) is 2. The molecule has 0 radical (unpaired) electrons. The number of likely N-dealkylation sites (tertiary alicyclic amines) is 1. The molecule has 138 valence electrons. The van der Waals surface area contributed by atoms with Crippen molar-refractivity contribution in [3.8, 4) is 0 Å². The second-order valence-corrected chi connectivity index (χ2v) is 6.14. The van der Waals surface area contributed by atoms with Gasteiger partial charge in [-0.3, -0.25) is 9.69 Å². The van der Waals surface area contributed by atoms with Gasteiger partial charge in [-0.15, -0.1) is 24.8 Å². The van der Waals surface area contributed by atoms with Crippen LogP contribution in [0.5, 0.6) is 0 Å². The number of amides is 1. The van der Waals surface area contributed by atoms with Crippen molar-refractivity contribution >= 4 is 42.3 Å². The van der Waals surface area contributed by atoms with Gasteiger partial charge in [-0.2, -0.15) is 0 Å². The van der Waals surface area contributed by atoms with E-state index in [1.54, 1.807) is 6.07 Å². The van der Waals surface area contributed by atoms with Gasteiger partial charge in [0.2, 0.25) is 5.91 Å². The van der Waals surface area contributed by atoms with Crippen LogP contribution in [0.2, 0.25) is 5.02 Å². The zero-order valence-corrected chi connectivity index (χ0v) is 16.1. The van der Waals surface area contributed by atoms with Crippen molar-refractivity contribution < 1.29 is 9.18 Å². The molecule has 2 rings (SSSR count). The summed E-state index contributed by atoms with van der Waals surface area (Å²) >= 11 is 6.08. The molecule has 1 aromatic carbocycles. The van der Waals surface area contributed by atoms with Gasteiger partial charge in [0.25, 0.3) is 0 Å². The molecule has 1 fully saturated rings. The Kier molecular flexibility index (Phi) is 11.6. The average Bonchev–Trinajstić information content (AvgIpc) is 2.48. The van der Waals surface area contributed by atoms with Gasteiger partial charge in [-0.25, -0.2) is 4.39 Å². The van der Waals surface area contributed by atoms with E-state index in [-0.39, 0.29) is 42.6 Å². The Morgan fingerprint density at radius 1 is 1.42 bits per heavy atom. The summed E-state index contributed by atoms with van der Waals surface area (Å²) in [6, 6.07) is 4.68. The van der Waals surface area contributed by atoms with Gasteiger partial charge in [0.05, 0.1) is 0 Å². The standard InChI is InChI=1S/C16H23ClFN3O.2ClH/c1-19-7-6-16(22)20-14-3-2-8-21(11-14)10-12-4-5-13(18)9-15(12)17;;/h4-5,9,14,19H,2-3,6-8,10-11H2,1H3,(H,20,22);2*1H. The summed E-state index contributed by atoms with van der Waals surface area (Å²) < 4.78 is 13.1. The fourth-order valence-electron chi connectivity index (χ4n) is 2.75. The van der Waals surface area contributed by atoms with Crippen LogP contribution in [-0.2, 0) is 11.3 Å². The Labute approximate surface area is 160 Å². The molecule has 1 atom stereocenters. The minimum atomic E-state index is -0.318. The molecule has 24 heavy (non-hydrogen) atoms. The summed E-state index contributed by atoms with van der Waals surface area (Å²) in [5.74, 6) is -0.233. The second kappa shape index (κ2) is 11.9. The Bertz CT molecular complexity index is 519. The third-order valence-electron chi connectivity index (χ3n) is 3.88. The molecule has 2 N–H and O–H groups in total. The normalized spacial score (nSPS) is 17.5. The van der Waals surface area contributed by atoms with E-state index in [1.165, 1.54) is 12.1 Å². The summed E-state index contributed by atoms with van der Waals surface area (Å²) in [5, 5.41) is 6.51. The number of piperidine rings is 1. The van der Waals surface area contributed by atoms with Gasteiger partial charge in [-0.05, 0) is 44.1 Å². The van der Waals surface area contributed by atoms with Crippen molar-refractivity contribution in [3.05, 3.63) is 34.6 Å². The molecule has 1 amide bonds. The topological polar surface area (TPSA) is 44.4 Å². The maximum absolute atomic E-state index is 13.1. The number of halogens is 4. The fourth-order valence-corrected chi connectivity index (χ4v) is 2.97. The second-order valence-electron chi connectivity index (χ2n) is 5.73. The number of benzene rings is 1. The highest BCUT2D eigenvalue weighted by atomic mass is 35.5. The minimum absolute atomic E-state index is 0. The van der Waals surface area contributed by atoms with E-state index in [1.807, 2.05) is 7.05 Å². The Hall–Kier alpha value is -0.590. The van der Waals surface area contributed by atoms with Crippen molar-refractivity contribution in [2.24, 2.45) is 0 Å². The van der Waals surface area contributed by atoms with Crippen molar-refractivity contribution in [3.63, 3.8) is 0 Å². The highest BCUT2D eigenvalue weighted by Gasteiger charge is 2.21. The predicted molar refractivity (Wildman–Crippen MR) is 101 cm³/mol. The van der Waals surface area contributed by atoms with Crippen molar-refractivity contribution in [2.75, 3.05) is 26.7 Å². The molecular weight excluding hydrogens is 376 g/mol. The highest BCUT2D eigenvalue weighted by molar-refractivity contribution is 6.31. The molecule has 0 aromatic heterocycles. The van der Waals surface area contributed by atoms with Crippen LogP contribution in [0.15, 0.2) is 18.2 Å². The van der Waals surface area contributed by atoms with Crippen LogP contribution in [0.4, 0.5) is 4.39 Å². The number of nitrogens with one attached hydrogen (secondary N) is 2. The SMILES string of the molecule is CNCCC(=O)NC1CCCN(Cc2ccc(F)cc2Cl)C1.Cl.Cl.